The number of carbonyl (C=O) groups is 4. The summed E-state index contributed by atoms with van der Waals surface area (Å²) in [7, 11) is 0. The van der Waals surface area contributed by atoms with Gasteiger partial charge in [-0.25, -0.2) is 4.79 Å². The van der Waals surface area contributed by atoms with Crippen LogP contribution >= 0.6 is 0 Å². The number of carbonyl (C=O) groups excluding carboxylic acids is 3. The molecule has 2 aliphatic heterocycles. The molecule has 0 bridgehead atoms. The van der Waals surface area contributed by atoms with Crippen molar-refractivity contribution in [2.45, 2.75) is 62.3 Å². The molecule has 2 aliphatic rings. The van der Waals surface area contributed by atoms with E-state index < -0.39 is 29.6 Å². The third-order valence-corrected chi connectivity index (χ3v) is 9.57. The standard InChI is InChI=1S/C38H40N4O3.C2HF3O2/c39-32-20-10-13-28(25-32)27-40-36(44)33-21-11-24-42(33)37(45)34-22-12-23-41(34)35(43)26-38(29-14-4-1-5-15-29,30-16-6-2-7-17-30)31-18-8-3-9-19-31;3-2(4,5)1(6)7/h1-10,13-20,25,33-34H,11-12,21-24,26-27,39H2,(H,40,44);(H,6,7)/t33-,34+;/m1./s1. The zero-order valence-corrected chi connectivity index (χ0v) is 28.5. The minimum Gasteiger partial charge on any atom is -0.475 e. The van der Waals surface area contributed by atoms with Crippen LogP contribution in [0.25, 0.3) is 0 Å². The maximum atomic E-state index is 14.5. The maximum Gasteiger partial charge on any atom is 0.490 e. The number of carboxylic acids is 1. The molecule has 2 heterocycles. The van der Waals surface area contributed by atoms with E-state index in [0.717, 1.165) is 35.1 Å². The number of halogens is 3. The van der Waals surface area contributed by atoms with E-state index in [2.05, 4.69) is 41.7 Å². The average Bonchev–Trinajstić information content (AvgIpc) is 3.85. The zero-order chi connectivity index (χ0) is 37.3. The van der Waals surface area contributed by atoms with E-state index in [1.54, 1.807) is 15.9 Å². The number of hydrogen-bond donors (Lipinski definition) is 3. The Morgan fingerprint density at radius 1 is 0.712 bits per heavy atom. The molecule has 4 aromatic carbocycles. The third kappa shape index (κ3) is 8.62. The van der Waals surface area contributed by atoms with Crippen LogP contribution < -0.4 is 11.1 Å². The summed E-state index contributed by atoms with van der Waals surface area (Å²) in [6, 6.07) is 36.8. The number of nitrogens with zero attached hydrogens (tertiary/aromatic N) is 2. The second kappa shape index (κ2) is 16.6. The van der Waals surface area contributed by atoms with E-state index in [1.807, 2.05) is 72.8 Å². The summed E-state index contributed by atoms with van der Waals surface area (Å²) in [6.07, 6.45) is -2.21. The highest BCUT2D eigenvalue weighted by atomic mass is 19.4. The lowest BCUT2D eigenvalue weighted by atomic mass is 9.67. The summed E-state index contributed by atoms with van der Waals surface area (Å²) in [5.74, 6) is -3.13. The minimum absolute atomic E-state index is 0.0655. The van der Waals surface area contributed by atoms with Gasteiger partial charge in [0.25, 0.3) is 0 Å². The molecule has 9 nitrogen and oxygen atoms in total. The lowest BCUT2D eigenvalue weighted by molar-refractivity contribution is -0.192. The molecule has 0 aromatic heterocycles. The summed E-state index contributed by atoms with van der Waals surface area (Å²) in [4.78, 5) is 54.2. The zero-order valence-electron chi connectivity index (χ0n) is 28.5. The molecule has 2 fully saturated rings. The van der Waals surface area contributed by atoms with Gasteiger partial charge in [0.05, 0.1) is 5.41 Å². The topological polar surface area (TPSA) is 133 Å². The fourth-order valence-electron chi connectivity index (χ4n) is 7.13. The van der Waals surface area contributed by atoms with Gasteiger partial charge < -0.3 is 26.0 Å². The fourth-order valence-corrected chi connectivity index (χ4v) is 7.13. The van der Waals surface area contributed by atoms with Gasteiger partial charge in [-0.15, -0.1) is 0 Å². The molecule has 2 saturated heterocycles. The van der Waals surface area contributed by atoms with Gasteiger partial charge in [0.15, 0.2) is 0 Å². The van der Waals surface area contributed by atoms with Gasteiger partial charge in [-0.1, -0.05) is 103 Å². The van der Waals surface area contributed by atoms with Crippen molar-refractivity contribution in [3.05, 3.63) is 138 Å². The van der Waals surface area contributed by atoms with E-state index in [-0.39, 0.29) is 24.1 Å². The van der Waals surface area contributed by atoms with Gasteiger partial charge >= 0.3 is 12.1 Å². The van der Waals surface area contributed by atoms with Crippen molar-refractivity contribution in [2.24, 2.45) is 0 Å². The summed E-state index contributed by atoms with van der Waals surface area (Å²) >= 11 is 0. The van der Waals surface area contributed by atoms with Crippen molar-refractivity contribution >= 4 is 29.4 Å². The van der Waals surface area contributed by atoms with Gasteiger partial charge in [-0.3, -0.25) is 14.4 Å². The number of likely N-dealkylation sites (tertiary alicyclic amines) is 2. The van der Waals surface area contributed by atoms with Crippen molar-refractivity contribution in [1.82, 2.24) is 15.1 Å². The molecule has 4 aromatic rings. The van der Waals surface area contributed by atoms with Crippen LogP contribution in [0.3, 0.4) is 0 Å². The predicted octanol–water partition coefficient (Wildman–Crippen LogP) is 5.93. The minimum atomic E-state index is -5.08. The van der Waals surface area contributed by atoms with E-state index >= 15 is 0 Å². The normalized spacial score (nSPS) is 17.2. The van der Waals surface area contributed by atoms with Crippen molar-refractivity contribution < 1.29 is 37.5 Å². The molecule has 0 spiro atoms. The van der Waals surface area contributed by atoms with Crippen LogP contribution in [0, 0.1) is 0 Å². The molecular formula is C40H41F3N4O5. The van der Waals surface area contributed by atoms with Gasteiger partial charge in [0.1, 0.15) is 12.1 Å². The van der Waals surface area contributed by atoms with Crippen LogP contribution in [-0.2, 0) is 31.1 Å². The summed E-state index contributed by atoms with van der Waals surface area (Å²) < 4.78 is 31.7. The SMILES string of the molecule is Nc1cccc(CNC(=O)[C@H]2CCCN2C(=O)[C@@H]2CCCN2C(=O)CC(c2ccccc2)(c2ccccc2)c2ccccc2)c1.O=C(O)C(F)(F)F. The monoisotopic (exact) mass is 714 g/mol. The Morgan fingerprint density at radius 3 is 1.67 bits per heavy atom. The van der Waals surface area contributed by atoms with Crippen molar-refractivity contribution in [2.75, 3.05) is 18.8 Å². The maximum absolute atomic E-state index is 14.5. The Bertz CT molecular complexity index is 1740. The Hall–Kier alpha value is -5.65. The molecule has 0 saturated carbocycles. The van der Waals surface area contributed by atoms with Gasteiger partial charge in [0.2, 0.25) is 17.7 Å². The molecule has 4 N–H and O–H groups in total. The van der Waals surface area contributed by atoms with Crippen LogP contribution in [0.4, 0.5) is 18.9 Å². The van der Waals surface area contributed by atoms with E-state index in [0.29, 0.717) is 38.2 Å². The van der Waals surface area contributed by atoms with Gasteiger partial charge in [-0.05, 0) is 60.1 Å². The summed E-state index contributed by atoms with van der Waals surface area (Å²) in [5, 5.41) is 10.1. The van der Waals surface area contributed by atoms with Gasteiger partial charge in [0, 0.05) is 31.7 Å². The van der Waals surface area contributed by atoms with E-state index in [4.69, 9.17) is 15.6 Å². The summed E-state index contributed by atoms with van der Waals surface area (Å²) in [6.45, 7) is 1.37. The number of rotatable bonds is 9. The Morgan fingerprint density at radius 2 is 1.19 bits per heavy atom. The molecule has 0 unspecified atom stereocenters. The number of nitrogen functional groups attached to an aromatic ring is 1. The molecule has 6 rings (SSSR count). The highest BCUT2D eigenvalue weighted by molar-refractivity contribution is 5.93. The number of alkyl halides is 3. The molecule has 272 valence electrons. The summed E-state index contributed by atoms with van der Waals surface area (Å²) in [5.41, 5.74) is 9.77. The molecule has 2 atom stereocenters. The molecule has 3 amide bonds. The van der Waals surface area contributed by atoms with Crippen LogP contribution in [0.5, 0.6) is 0 Å². The largest absolute Gasteiger partial charge is 0.490 e. The highest BCUT2D eigenvalue weighted by Gasteiger charge is 2.45. The van der Waals surface area contributed by atoms with Crippen LogP contribution in [0.1, 0.15) is 54.4 Å². The van der Waals surface area contributed by atoms with Crippen LogP contribution in [0.15, 0.2) is 115 Å². The molecule has 0 aliphatic carbocycles. The number of carboxylic acid groups (broad SMARTS) is 1. The van der Waals surface area contributed by atoms with Crippen LogP contribution in [-0.4, -0.2) is 69.9 Å². The molecule has 52 heavy (non-hydrogen) atoms. The van der Waals surface area contributed by atoms with E-state index in [1.165, 1.54) is 0 Å². The smallest absolute Gasteiger partial charge is 0.475 e. The first-order valence-corrected chi connectivity index (χ1v) is 17.1. The number of hydrogen-bond acceptors (Lipinski definition) is 5. The quantitative estimate of drug-likeness (QED) is 0.146. The molecular weight excluding hydrogens is 673 g/mol. The number of aliphatic carboxylic acids is 1. The fraction of sp³-hybridized carbons (Fsp3) is 0.300. The lowest BCUT2D eigenvalue weighted by Gasteiger charge is -2.38. The number of benzene rings is 4. The Kier molecular flexibility index (Phi) is 12.0. The first kappa shape index (κ1) is 37.6. The molecule has 12 heteroatoms. The number of anilines is 1. The second-order valence-electron chi connectivity index (χ2n) is 12.9. The second-order valence-corrected chi connectivity index (χ2v) is 12.9. The molecule has 0 radical (unpaired) electrons. The first-order chi connectivity index (χ1) is 24.9. The number of nitrogens with two attached hydrogens (primary N) is 1. The average molecular weight is 715 g/mol. The first-order valence-electron chi connectivity index (χ1n) is 17.1. The predicted molar refractivity (Wildman–Crippen MR) is 190 cm³/mol. The lowest BCUT2D eigenvalue weighted by Crippen LogP contribution is -2.53. The van der Waals surface area contributed by atoms with E-state index in [9.17, 15) is 27.6 Å². The van der Waals surface area contributed by atoms with Crippen molar-refractivity contribution in [3.63, 3.8) is 0 Å². The third-order valence-electron chi connectivity index (χ3n) is 9.57. The Balaban J connectivity index is 0.000000679. The number of amides is 3. The Labute approximate surface area is 300 Å². The highest BCUT2D eigenvalue weighted by Crippen LogP contribution is 2.43. The van der Waals surface area contributed by atoms with Crippen LogP contribution in [0.2, 0.25) is 0 Å². The van der Waals surface area contributed by atoms with Crippen molar-refractivity contribution in [3.8, 4) is 0 Å². The van der Waals surface area contributed by atoms with Crippen molar-refractivity contribution in [1.29, 1.82) is 0 Å². The number of nitrogens with one attached hydrogen (secondary N) is 1. The van der Waals surface area contributed by atoms with Gasteiger partial charge in [-0.2, -0.15) is 13.2 Å².